The van der Waals surface area contributed by atoms with Gasteiger partial charge in [0.05, 0.1) is 0 Å². The molecule has 0 aromatic heterocycles. The Bertz CT molecular complexity index is 864. The molecule has 2 aliphatic carbocycles. The van der Waals surface area contributed by atoms with Crippen molar-refractivity contribution in [2.24, 2.45) is 0 Å². The molecular weight excluding hydrogens is 474 g/mol. The number of hydrogen-bond donors (Lipinski definition) is 0. The van der Waals surface area contributed by atoms with Crippen molar-refractivity contribution in [3.8, 4) is 0 Å². The van der Waals surface area contributed by atoms with Gasteiger partial charge < -0.3 is 24.8 Å². The van der Waals surface area contributed by atoms with E-state index in [1.54, 1.807) is 0 Å². The minimum absolute atomic E-state index is 0. The van der Waals surface area contributed by atoms with Crippen LogP contribution >= 0.6 is 0 Å². The zero-order valence-corrected chi connectivity index (χ0v) is 21.3. The molecule has 0 N–H and O–H groups in total. The van der Waals surface area contributed by atoms with Crippen LogP contribution in [0.2, 0.25) is 0 Å². The smallest absolute Gasteiger partial charge is 1.00 e. The van der Waals surface area contributed by atoms with Crippen molar-refractivity contribution >= 4 is 0 Å². The Hall–Kier alpha value is -1.14. The number of hydrogen-bond acceptors (Lipinski definition) is 0. The molecule has 0 saturated heterocycles. The van der Waals surface area contributed by atoms with Gasteiger partial charge >= 0.3 is 176 Å². The van der Waals surface area contributed by atoms with Gasteiger partial charge in [0.1, 0.15) is 0 Å². The van der Waals surface area contributed by atoms with Crippen molar-refractivity contribution in [1.82, 2.24) is 0 Å². The van der Waals surface area contributed by atoms with E-state index in [2.05, 4.69) is 113 Å². The van der Waals surface area contributed by atoms with Crippen LogP contribution in [0.25, 0.3) is 0 Å². The summed E-state index contributed by atoms with van der Waals surface area (Å²) in [7, 11) is 0. The Labute approximate surface area is 199 Å². The molecule has 0 atom stereocenters. The molecule has 4 rings (SSSR count). The Morgan fingerprint density at radius 3 is 1.03 bits per heavy atom. The number of allylic oxidation sites excluding steroid dienone is 8. The predicted octanol–water partition coefficient (Wildman–Crippen LogP) is 0.680. The van der Waals surface area contributed by atoms with E-state index in [-0.39, 0.29) is 31.1 Å². The Balaban J connectivity index is 0.00000150. The second kappa shape index (κ2) is 9.34. The van der Waals surface area contributed by atoms with Gasteiger partial charge in [-0.15, -0.1) is 0 Å². The van der Waals surface area contributed by atoms with E-state index in [0.717, 1.165) is 0 Å². The molecule has 2 aromatic rings. The maximum atomic E-state index is 2.55. The fraction of sp³-hybridized carbons (Fsp3) is 0.231. The van der Waals surface area contributed by atoms with Crippen molar-refractivity contribution in [2.45, 2.75) is 33.9 Å². The van der Waals surface area contributed by atoms with Crippen LogP contribution in [0.3, 0.4) is 0 Å². The summed E-state index contributed by atoms with van der Waals surface area (Å²) in [6, 6.07) is 22.3. The van der Waals surface area contributed by atoms with E-state index in [1.807, 2.05) is 0 Å². The quantitative estimate of drug-likeness (QED) is 0.580. The molecule has 2 aromatic carbocycles. The number of benzene rings is 2. The third-order valence-corrected chi connectivity index (χ3v) is 10.8. The van der Waals surface area contributed by atoms with E-state index in [9.17, 15) is 0 Å². The van der Waals surface area contributed by atoms with Gasteiger partial charge in [-0.2, -0.15) is 0 Å². The van der Waals surface area contributed by atoms with Gasteiger partial charge in [0.15, 0.2) is 0 Å². The summed E-state index contributed by atoms with van der Waals surface area (Å²) >= 11 is -1.06. The zero-order valence-electron chi connectivity index (χ0n) is 17.3. The molecule has 0 aliphatic heterocycles. The molecule has 0 radical (unpaired) electrons. The average molecular weight is 501 g/mol. The minimum atomic E-state index is -1.06. The van der Waals surface area contributed by atoms with Crippen LogP contribution in [0.1, 0.15) is 38.8 Å². The summed E-state index contributed by atoms with van der Waals surface area (Å²) < 4.78 is 0.180. The van der Waals surface area contributed by atoms with E-state index in [1.165, 1.54) is 33.4 Å². The summed E-state index contributed by atoms with van der Waals surface area (Å²) in [6.45, 7) is 9.06. The maximum Gasteiger partial charge on any atom is -1.00 e. The summed E-state index contributed by atoms with van der Waals surface area (Å²) in [6.07, 6.45) is 10.2. The second-order valence-electron chi connectivity index (χ2n) is 7.90. The monoisotopic (exact) mass is 498 g/mol. The van der Waals surface area contributed by atoms with Crippen LogP contribution in [-0.2, 0) is 29.5 Å². The predicted molar refractivity (Wildman–Crippen MR) is 111 cm³/mol. The molecule has 0 saturated carbocycles. The van der Waals surface area contributed by atoms with Crippen LogP contribution in [-0.4, -0.2) is 0 Å². The fourth-order valence-electron chi connectivity index (χ4n) is 4.30. The molecule has 3 heteroatoms. The zero-order chi connectivity index (χ0) is 19.1. The summed E-state index contributed by atoms with van der Waals surface area (Å²) in [5, 5.41) is 0. The van der Waals surface area contributed by atoms with Crippen molar-refractivity contribution in [3.63, 3.8) is 0 Å². The summed E-state index contributed by atoms with van der Waals surface area (Å²) in [4.78, 5) is 0. The topological polar surface area (TPSA) is 0 Å². The van der Waals surface area contributed by atoms with Gasteiger partial charge in [-0.3, -0.25) is 0 Å². The molecular formula is C26H26Cl2Zr. The van der Waals surface area contributed by atoms with Crippen molar-refractivity contribution in [2.75, 3.05) is 0 Å². The summed E-state index contributed by atoms with van der Waals surface area (Å²) in [5.74, 6) is 0. The Morgan fingerprint density at radius 2 is 0.759 bits per heavy atom. The first-order valence-corrected chi connectivity index (χ1v) is 12.1. The first kappa shape index (κ1) is 24.1. The van der Waals surface area contributed by atoms with Gasteiger partial charge in [0.2, 0.25) is 0 Å². The van der Waals surface area contributed by atoms with Crippen molar-refractivity contribution in [1.29, 1.82) is 0 Å². The van der Waals surface area contributed by atoms with E-state index < -0.39 is 23.2 Å². The fourth-order valence-corrected chi connectivity index (χ4v) is 10.3. The molecule has 0 spiro atoms. The third kappa shape index (κ3) is 4.48. The van der Waals surface area contributed by atoms with Gasteiger partial charge in [-0.25, -0.2) is 0 Å². The van der Waals surface area contributed by atoms with Crippen molar-refractivity contribution in [3.05, 3.63) is 118 Å². The molecule has 29 heavy (non-hydrogen) atoms. The molecule has 2 aliphatic rings. The molecule has 148 valence electrons. The average Bonchev–Trinajstić information content (AvgIpc) is 3.13. The largest absolute Gasteiger partial charge is 1.00 e. The van der Waals surface area contributed by atoms with E-state index in [0.29, 0.717) is 0 Å². The molecule has 0 heterocycles. The van der Waals surface area contributed by atoms with Crippen molar-refractivity contribution < 1.29 is 48.0 Å². The molecule has 0 bridgehead atoms. The number of rotatable bonds is 4. The van der Waals surface area contributed by atoms with Crippen LogP contribution in [0.15, 0.2) is 107 Å². The van der Waals surface area contributed by atoms with E-state index >= 15 is 0 Å². The van der Waals surface area contributed by atoms with Crippen LogP contribution in [0.4, 0.5) is 0 Å². The normalized spacial score (nSPS) is 18.3. The first-order chi connectivity index (χ1) is 12.9. The Kier molecular flexibility index (Phi) is 7.77. The first-order valence-electron chi connectivity index (χ1n) is 9.63. The van der Waals surface area contributed by atoms with Gasteiger partial charge in [0.25, 0.3) is 0 Å². The summed E-state index contributed by atoms with van der Waals surface area (Å²) in [5.41, 5.74) is 8.63. The van der Waals surface area contributed by atoms with E-state index in [4.69, 9.17) is 0 Å². The molecule has 0 amide bonds. The minimum Gasteiger partial charge on any atom is -1.00 e. The second-order valence-corrected chi connectivity index (χ2v) is 12.6. The molecule has 0 unspecified atom stereocenters. The van der Waals surface area contributed by atoms with Crippen LogP contribution in [0, 0.1) is 0 Å². The molecule has 0 nitrogen and oxygen atoms in total. The SMILES string of the molecule is CC1=C[C]([Zr+2][C]2(c3ccccc3)C=C(C)C(C)=C2)(c2ccccc2)C=C1C.[Cl-].[Cl-]. The molecule has 0 fully saturated rings. The Morgan fingerprint density at radius 1 is 0.483 bits per heavy atom. The third-order valence-electron chi connectivity index (χ3n) is 5.94. The van der Waals surface area contributed by atoms with Crippen LogP contribution < -0.4 is 24.8 Å². The van der Waals surface area contributed by atoms with Gasteiger partial charge in [-0.05, 0) is 0 Å². The van der Waals surface area contributed by atoms with Crippen LogP contribution in [0.5, 0.6) is 0 Å². The maximum absolute atomic E-state index is 2.55. The number of halogens is 2. The van der Waals surface area contributed by atoms with Gasteiger partial charge in [-0.1, -0.05) is 0 Å². The standard InChI is InChI=1S/2C13H13.2ClH.Zr/c2*1-10-8-13(9-11(10)2)12-6-4-3-5-7-12;;;/h2*3-9H,1-2H3;2*1H;/q;;;;+2/p-2. The van der Waals surface area contributed by atoms with Gasteiger partial charge in [0, 0.05) is 0 Å².